The maximum atomic E-state index is 8.88. The first kappa shape index (κ1) is 35.1. The van der Waals surface area contributed by atoms with Crippen LogP contribution >= 0.6 is 8.60 Å². The minimum atomic E-state index is -2.14. The van der Waals surface area contributed by atoms with E-state index in [2.05, 4.69) is 30.1 Å². The summed E-state index contributed by atoms with van der Waals surface area (Å²) in [4.78, 5) is 8.69. The third-order valence-electron chi connectivity index (χ3n) is 5.22. The first-order valence-electron chi connectivity index (χ1n) is 12.2. The topological polar surface area (TPSA) is 184 Å². The van der Waals surface area contributed by atoms with Crippen molar-refractivity contribution < 1.29 is 13.9 Å². The Morgan fingerprint density at radius 1 is 0.568 bits per heavy atom. The average molecular weight is 545 g/mol. The zero-order valence-electron chi connectivity index (χ0n) is 24.4. The van der Waals surface area contributed by atoms with Gasteiger partial charge in [0.1, 0.15) is 0 Å². The summed E-state index contributed by atoms with van der Waals surface area (Å²) in [5.41, 5.74) is 24.6. The third-order valence-corrected chi connectivity index (χ3v) is 6.15. The summed E-state index contributed by atoms with van der Waals surface area (Å²) in [7, 11) is -2.14. The number of hydrogen-bond donors (Lipinski definition) is 0. The Morgan fingerprint density at radius 2 is 0.784 bits per heavy atom. The van der Waals surface area contributed by atoms with Crippen LogP contribution in [0, 0.1) is 0 Å². The number of hydrogen-bond acceptors (Lipinski definition) is 9. The molecule has 0 fully saturated rings. The third kappa shape index (κ3) is 11.6. The molecule has 0 spiro atoms. The lowest BCUT2D eigenvalue weighted by atomic mass is 10.0. The van der Waals surface area contributed by atoms with Crippen molar-refractivity contribution in [3.63, 3.8) is 0 Å². The van der Waals surface area contributed by atoms with Crippen molar-refractivity contribution >= 4 is 8.60 Å². The van der Waals surface area contributed by atoms with E-state index in [4.69, 9.17) is 30.5 Å². The molecule has 0 bridgehead atoms. The number of nitrogens with zero attached hydrogens (tertiary/aromatic N) is 12. The van der Waals surface area contributed by atoms with Crippen LogP contribution in [-0.4, -0.2) is 69.6 Å². The van der Waals surface area contributed by atoms with Crippen molar-refractivity contribution in [2.75, 3.05) is 19.6 Å². The quantitative estimate of drug-likeness (QED) is 0.0568. The fraction of sp³-hybridized carbons (Fsp3) is 1.00. The van der Waals surface area contributed by atoms with E-state index in [-0.39, 0.29) is 37.8 Å². The van der Waals surface area contributed by atoms with Gasteiger partial charge in [0.05, 0.1) is 0 Å². The smallest absolute Gasteiger partial charge is 0.218 e. The molecule has 0 amide bonds. The van der Waals surface area contributed by atoms with E-state index in [0.29, 0.717) is 0 Å². The minimum Gasteiger partial charge on any atom is -0.218 e. The van der Waals surface area contributed by atoms with Gasteiger partial charge in [0.2, 0.25) is 0 Å². The highest BCUT2D eigenvalue weighted by Crippen LogP contribution is 2.48. The van der Waals surface area contributed by atoms with Crippen LogP contribution in [0.25, 0.3) is 31.3 Å². The number of azide groups is 3. The molecule has 0 saturated carbocycles. The van der Waals surface area contributed by atoms with Crippen LogP contribution in [0.1, 0.15) is 83.1 Å². The molecule has 0 aliphatic heterocycles. The summed E-state index contributed by atoms with van der Waals surface area (Å²) in [6.07, 6.45) is 0. The van der Waals surface area contributed by atoms with E-state index in [1.807, 2.05) is 83.1 Å². The Labute approximate surface area is 222 Å². The Morgan fingerprint density at radius 3 is 0.946 bits per heavy atom. The second kappa shape index (κ2) is 15.5. The van der Waals surface area contributed by atoms with Crippen molar-refractivity contribution in [1.29, 1.82) is 0 Å². The van der Waals surface area contributed by atoms with Crippen molar-refractivity contribution in [2.24, 2.45) is 15.3 Å². The Bertz CT molecular complexity index is 738. The molecule has 0 aliphatic rings. The van der Waals surface area contributed by atoms with Crippen LogP contribution in [0.4, 0.5) is 0 Å². The lowest BCUT2D eigenvalue weighted by Gasteiger charge is -2.46. The maximum absolute atomic E-state index is 8.88. The molecule has 0 aromatic carbocycles. The predicted molar refractivity (Wildman–Crippen MR) is 145 cm³/mol. The molecule has 0 atom stereocenters. The Balaban J connectivity index is 6.56. The number of rotatable bonds is 18. The van der Waals surface area contributed by atoms with Crippen LogP contribution in [0.15, 0.2) is 15.3 Å². The summed E-state index contributed by atoms with van der Waals surface area (Å²) in [6.45, 7) is 23.5. The van der Waals surface area contributed by atoms with Crippen molar-refractivity contribution in [3.05, 3.63) is 31.3 Å². The zero-order valence-corrected chi connectivity index (χ0v) is 25.3. The van der Waals surface area contributed by atoms with E-state index < -0.39 is 25.2 Å². The van der Waals surface area contributed by atoms with Gasteiger partial charge in [0, 0.05) is 69.1 Å². The Hall–Kier alpha value is -1.88. The molecule has 0 saturated heterocycles. The maximum Gasteiger partial charge on any atom is 0.387 e. The highest BCUT2D eigenvalue weighted by molar-refractivity contribution is 7.41. The molecule has 0 rings (SSSR count). The van der Waals surface area contributed by atoms with Gasteiger partial charge in [-0.1, -0.05) is 15.3 Å². The van der Waals surface area contributed by atoms with Crippen LogP contribution < -0.4 is 0 Å². The fourth-order valence-corrected chi connectivity index (χ4v) is 5.54. The zero-order chi connectivity index (χ0) is 29.0. The molecule has 212 valence electrons. The highest BCUT2D eigenvalue weighted by Gasteiger charge is 2.41. The fourth-order valence-electron chi connectivity index (χ4n) is 3.79. The van der Waals surface area contributed by atoms with Gasteiger partial charge in [-0.3, -0.25) is 0 Å². The molecule has 0 N–H and O–H groups in total. The van der Waals surface area contributed by atoms with Gasteiger partial charge in [-0.15, -0.1) is 0 Å². The summed E-state index contributed by atoms with van der Waals surface area (Å²) >= 11 is 0. The molecule has 0 aromatic heterocycles. The van der Waals surface area contributed by atoms with Gasteiger partial charge in [-0.25, -0.2) is 13.9 Å². The molecular weight excluding hydrogens is 499 g/mol. The van der Waals surface area contributed by atoms with Crippen molar-refractivity contribution in [3.8, 4) is 0 Å². The standard InChI is InChI=1S/C21H45N12O3P/c1-16(2)31(19(7,8)13-25-28-22)34-37(35-32(17(3)4)20(9,10)14-26-29-23)36-33(18(5)6)21(11,12)15-27-30-24/h16-18H,13-15H2,1-12H3. The monoisotopic (exact) mass is 544 g/mol. The number of hydroxylamine groups is 6. The largest absolute Gasteiger partial charge is 0.387 e. The molecule has 15 nitrogen and oxygen atoms in total. The van der Waals surface area contributed by atoms with Crippen molar-refractivity contribution in [2.45, 2.75) is 118 Å². The predicted octanol–water partition coefficient (Wildman–Crippen LogP) is 7.41. The SMILES string of the molecule is CC(C)N(OP(ON(C(C)C)C(C)(C)CN=[N+]=[N-])ON(C(C)C)C(C)(C)CN=[N+]=[N-])C(C)(C)CN=[N+]=[N-]. The summed E-state index contributed by atoms with van der Waals surface area (Å²) in [6, 6.07) is -0.393. The Kier molecular flexibility index (Phi) is 14.7. The summed E-state index contributed by atoms with van der Waals surface area (Å²) < 4.78 is 19.2. The second-order valence-corrected chi connectivity index (χ2v) is 12.3. The van der Waals surface area contributed by atoms with Gasteiger partial charge in [-0.2, -0.15) is 15.2 Å². The van der Waals surface area contributed by atoms with Crippen LogP contribution in [0.2, 0.25) is 0 Å². The second-order valence-electron chi connectivity index (χ2n) is 11.3. The normalized spacial score (nSPS) is 13.8. The van der Waals surface area contributed by atoms with E-state index in [0.717, 1.165) is 0 Å². The highest BCUT2D eigenvalue weighted by atomic mass is 31.2. The molecule has 0 aromatic rings. The van der Waals surface area contributed by atoms with Crippen LogP contribution in [0.3, 0.4) is 0 Å². The van der Waals surface area contributed by atoms with Gasteiger partial charge in [-0.05, 0) is 99.7 Å². The van der Waals surface area contributed by atoms with Gasteiger partial charge < -0.3 is 0 Å². The van der Waals surface area contributed by atoms with E-state index in [9.17, 15) is 0 Å². The summed E-state index contributed by atoms with van der Waals surface area (Å²) in [5.74, 6) is 0. The molecule has 0 unspecified atom stereocenters. The van der Waals surface area contributed by atoms with Crippen LogP contribution in [-0.2, 0) is 13.9 Å². The first-order chi connectivity index (χ1) is 17.0. The molecular formula is C21H45N12O3P. The minimum absolute atomic E-state index is 0.131. The molecule has 16 heteroatoms. The lowest BCUT2D eigenvalue weighted by molar-refractivity contribution is -0.242. The van der Waals surface area contributed by atoms with Crippen LogP contribution in [0.5, 0.6) is 0 Å². The van der Waals surface area contributed by atoms with E-state index in [1.54, 1.807) is 15.2 Å². The van der Waals surface area contributed by atoms with Gasteiger partial charge in [0.15, 0.2) is 0 Å². The molecule has 0 aliphatic carbocycles. The molecule has 0 heterocycles. The molecule has 0 radical (unpaired) electrons. The van der Waals surface area contributed by atoms with Gasteiger partial charge in [0.25, 0.3) is 0 Å². The first-order valence-corrected chi connectivity index (χ1v) is 13.3. The van der Waals surface area contributed by atoms with Gasteiger partial charge >= 0.3 is 8.60 Å². The lowest BCUT2D eigenvalue weighted by Crippen LogP contribution is -2.53. The van der Waals surface area contributed by atoms with E-state index in [1.165, 1.54) is 0 Å². The summed E-state index contributed by atoms with van der Waals surface area (Å²) in [5, 5.41) is 16.3. The van der Waals surface area contributed by atoms with E-state index >= 15 is 0 Å². The average Bonchev–Trinajstić information content (AvgIpc) is 2.78. The van der Waals surface area contributed by atoms with Crippen molar-refractivity contribution in [1.82, 2.24) is 15.2 Å². The molecule has 37 heavy (non-hydrogen) atoms.